The normalized spacial score (nSPS) is 14.1. The van der Waals surface area contributed by atoms with E-state index < -0.39 is 30.1 Å². The fourth-order valence-electron chi connectivity index (χ4n) is 3.44. The number of carbonyl (C=O) groups excluding carboxylic acids is 2. The Balaban J connectivity index is 1.85. The Labute approximate surface area is 209 Å². The number of hydrogen-bond acceptors (Lipinski definition) is 6. The van der Waals surface area contributed by atoms with E-state index in [0.29, 0.717) is 23.6 Å². The van der Waals surface area contributed by atoms with E-state index in [-0.39, 0.29) is 39.7 Å². The summed E-state index contributed by atoms with van der Waals surface area (Å²) < 4.78 is 56.6. The van der Waals surface area contributed by atoms with Gasteiger partial charge < -0.3 is 24.8 Å². The summed E-state index contributed by atoms with van der Waals surface area (Å²) in [6.45, 7) is -0.251. The van der Waals surface area contributed by atoms with Crippen molar-refractivity contribution in [2.45, 2.75) is 18.8 Å². The lowest BCUT2D eigenvalue weighted by Gasteiger charge is -2.30. The summed E-state index contributed by atoms with van der Waals surface area (Å²) in [6, 6.07) is 5.45. The number of nitrogens with one attached hydrogen (secondary N) is 2. The first-order valence-corrected chi connectivity index (χ1v) is 13.3. The lowest BCUT2D eigenvalue weighted by molar-refractivity contribution is -0.274. The molecule has 2 N–H and O–H groups in total. The molecule has 1 unspecified atom stereocenters. The van der Waals surface area contributed by atoms with E-state index in [1.165, 1.54) is 31.3 Å². The zero-order valence-corrected chi connectivity index (χ0v) is 21.1. The van der Waals surface area contributed by atoms with E-state index in [2.05, 4.69) is 24.9 Å². The Kier molecular flexibility index (Phi) is 8.88. The van der Waals surface area contributed by atoms with E-state index in [1.54, 1.807) is 6.07 Å². The molecule has 0 saturated heterocycles. The van der Waals surface area contributed by atoms with E-state index in [1.807, 2.05) is 0 Å². The number of rotatable bonds is 9. The molecular weight excluding hydrogens is 584 g/mol. The molecule has 3 amide bonds. The Morgan fingerprint density at radius 2 is 2.03 bits per heavy atom. The third-order valence-corrected chi connectivity index (χ3v) is 6.26. The van der Waals surface area contributed by atoms with Crippen molar-refractivity contribution in [3.05, 3.63) is 41.5 Å². The maximum Gasteiger partial charge on any atom is 0.573 e. The number of ether oxygens (including phenoxy) is 3. The second-order valence-electron chi connectivity index (χ2n) is 7.36. The van der Waals surface area contributed by atoms with E-state index in [0.717, 1.165) is 22.1 Å². The third-order valence-electron chi connectivity index (χ3n) is 4.96. The van der Waals surface area contributed by atoms with Crippen molar-refractivity contribution < 1.29 is 37.0 Å². The molecule has 0 bridgehead atoms. The first-order chi connectivity index (χ1) is 16.6. The molecule has 1 atom stereocenters. The highest BCUT2D eigenvalue weighted by atomic mass is 127. The zero-order chi connectivity index (χ0) is 25.6. The van der Waals surface area contributed by atoms with Crippen LogP contribution >= 0.6 is 20.7 Å². The van der Waals surface area contributed by atoms with Crippen molar-refractivity contribution in [3.8, 4) is 11.6 Å². The van der Waals surface area contributed by atoms with Crippen LogP contribution in [0, 0.1) is 0 Å². The minimum Gasteiger partial charge on any atom is -0.481 e. The van der Waals surface area contributed by atoms with Gasteiger partial charge in [-0.2, -0.15) is 4.98 Å². The summed E-state index contributed by atoms with van der Waals surface area (Å²) in [5.74, 6) is -0.216. The van der Waals surface area contributed by atoms with Crippen LogP contribution in [0.15, 0.2) is 30.3 Å². The molecule has 2 aromatic rings. The molecule has 13 heteroatoms. The molecule has 0 radical (unpaired) electrons. The average molecular weight is 608 g/mol. The summed E-state index contributed by atoms with van der Waals surface area (Å²) in [6.07, 6.45) is -4.13. The lowest BCUT2D eigenvalue weighted by atomic mass is 10.1. The molecule has 2 heterocycles. The second kappa shape index (κ2) is 11.7. The molecule has 1 aromatic carbocycles. The van der Waals surface area contributed by atoms with Crippen molar-refractivity contribution in [3.63, 3.8) is 0 Å². The predicted molar refractivity (Wildman–Crippen MR) is 133 cm³/mol. The van der Waals surface area contributed by atoms with Gasteiger partial charge in [0.1, 0.15) is 12.3 Å². The van der Waals surface area contributed by atoms with Crippen LogP contribution in [0.3, 0.4) is 0 Å². The van der Waals surface area contributed by atoms with Crippen molar-refractivity contribution >= 4 is 48.7 Å². The minimum absolute atomic E-state index is 0.0297. The van der Waals surface area contributed by atoms with Gasteiger partial charge in [0.2, 0.25) is 11.8 Å². The molecule has 9 nitrogen and oxygen atoms in total. The van der Waals surface area contributed by atoms with Gasteiger partial charge in [-0.3, -0.25) is 9.69 Å². The third kappa shape index (κ3) is 7.04. The molecule has 3 rings (SSSR count). The molecule has 0 aliphatic carbocycles. The number of amides is 3. The van der Waals surface area contributed by atoms with Gasteiger partial charge in [0.15, 0.2) is 5.82 Å². The monoisotopic (exact) mass is 608 g/mol. The molecule has 0 saturated carbocycles. The fourth-order valence-corrected chi connectivity index (χ4v) is 4.41. The number of aryl methyl sites for hydroxylation is 1. The summed E-state index contributed by atoms with van der Waals surface area (Å²) in [4.78, 5) is 31.2. The van der Waals surface area contributed by atoms with Crippen molar-refractivity contribution in [2.24, 2.45) is 0 Å². The standard InChI is InChI=1S/C22H24F3IN4O5/c1-26-9-8-14-10-16-19(29-20(14)34-3)30(11-18(31)27-16)21(32)28-17(12-33-2)13-4-6-15(7-5-13)35-22(23,24)25/h4-7,10,17H,1,8-9,11-12H2,2-3H3,(H,27,31)(H,28,32). The van der Waals surface area contributed by atoms with Crippen LogP contribution in [0.25, 0.3) is 0 Å². The summed E-state index contributed by atoms with van der Waals surface area (Å²) in [5, 5.41) is 5.49. The van der Waals surface area contributed by atoms with Crippen LogP contribution < -0.4 is 25.0 Å². The van der Waals surface area contributed by atoms with Crippen LogP contribution in [-0.4, -0.2) is 59.6 Å². The molecular formula is C22H24F3IN4O5. The average Bonchev–Trinajstić information content (AvgIpc) is 2.80. The van der Waals surface area contributed by atoms with Crippen LogP contribution in [0.4, 0.5) is 29.5 Å². The molecule has 0 spiro atoms. The number of fused-ring (bicyclic) bond motifs is 1. The molecule has 1 aromatic heterocycles. The van der Waals surface area contributed by atoms with Gasteiger partial charge in [-0.05, 0) is 34.6 Å². The second-order valence-corrected chi connectivity index (χ2v) is 9.52. The number of methoxy groups -OCH3 is 2. The number of aromatic nitrogens is 1. The van der Waals surface area contributed by atoms with Crippen LogP contribution in [0.2, 0.25) is 0 Å². The smallest absolute Gasteiger partial charge is 0.481 e. The topological polar surface area (TPSA) is 102 Å². The van der Waals surface area contributed by atoms with E-state index in [4.69, 9.17) is 9.47 Å². The highest BCUT2D eigenvalue weighted by Crippen LogP contribution is 2.33. The summed E-state index contributed by atoms with van der Waals surface area (Å²) >= 11 is -0.194. The maximum absolute atomic E-state index is 13.2. The van der Waals surface area contributed by atoms with E-state index in [9.17, 15) is 22.8 Å². The summed E-state index contributed by atoms with van der Waals surface area (Å²) in [5.41, 5.74) is 1.66. The van der Waals surface area contributed by atoms with Gasteiger partial charge in [0.25, 0.3) is 0 Å². The molecule has 190 valence electrons. The first-order valence-electron chi connectivity index (χ1n) is 10.3. The van der Waals surface area contributed by atoms with Gasteiger partial charge in [-0.25, -0.2) is 4.79 Å². The van der Waals surface area contributed by atoms with Gasteiger partial charge in [0, 0.05) is 12.7 Å². The largest absolute Gasteiger partial charge is 0.573 e. The number of nitrogens with zero attached hydrogens (tertiary/aromatic N) is 2. The Hall–Kier alpha value is -2.94. The SMILES string of the molecule is C=ICCc1cc2c(nc1OC)N(C(=O)NC(COC)c1ccc(OC(F)(F)F)cc1)CC(=O)N2. The molecule has 1 aliphatic heterocycles. The number of halogens is 4. The highest BCUT2D eigenvalue weighted by Gasteiger charge is 2.32. The van der Waals surface area contributed by atoms with Gasteiger partial charge >= 0.3 is 12.4 Å². The van der Waals surface area contributed by atoms with E-state index >= 15 is 0 Å². The number of pyridine rings is 1. The minimum atomic E-state index is -4.81. The quantitative estimate of drug-likeness (QED) is 0.332. The van der Waals surface area contributed by atoms with Crippen molar-refractivity contribution in [2.75, 3.05) is 42.0 Å². The van der Waals surface area contributed by atoms with Crippen LogP contribution in [0.5, 0.6) is 11.6 Å². The molecule has 0 fully saturated rings. The number of hydrogen-bond donors (Lipinski definition) is 2. The number of urea groups is 1. The predicted octanol–water partition coefficient (Wildman–Crippen LogP) is 3.79. The number of alkyl halides is 4. The Bertz CT molecular complexity index is 1080. The maximum atomic E-state index is 13.2. The number of carbonyl (C=O) groups is 2. The highest BCUT2D eigenvalue weighted by molar-refractivity contribution is 14.2. The Morgan fingerprint density at radius 1 is 1.31 bits per heavy atom. The number of benzene rings is 1. The van der Waals surface area contributed by atoms with Gasteiger partial charge in [-0.15, -0.1) is 33.9 Å². The fraction of sp³-hybridized carbons (Fsp3) is 0.364. The lowest BCUT2D eigenvalue weighted by Crippen LogP contribution is -2.49. The van der Waals surface area contributed by atoms with Gasteiger partial charge in [0.05, 0.1) is 25.4 Å². The van der Waals surface area contributed by atoms with Crippen molar-refractivity contribution in [1.82, 2.24) is 10.3 Å². The first kappa shape index (κ1) is 26.7. The molecule has 1 aliphatic rings. The van der Waals surface area contributed by atoms with Crippen LogP contribution in [0.1, 0.15) is 17.2 Å². The zero-order valence-electron chi connectivity index (χ0n) is 18.9. The van der Waals surface area contributed by atoms with Gasteiger partial charge in [-0.1, -0.05) is 16.6 Å². The van der Waals surface area contributed by atoms with Crippen molar-refractivity contribution in [1.29, 1.82) is 0 Å². The Morgan fingerprint density at radius 3 is 2.63 bits per heavy atom. The molecule has 35 heavy (non-hydrogen) atoms. The number of anilines is 2. The van der Waals surface area contributed by atoms with Crippen LogP contribution in [-0.2, 0) is 16.0 Å². The summed E-state index contributed by atoms with van der Waals surface area (Å²) in [7, 11) is 2.90.